The number of amides is 1. The second-order valence-electron chi connectivity index (χ2n) is 6.45. The van der Waals surface area contributed by atoms with Crippen LogP contribution in [-0.4, -0.2) is 52.7 Å². The van der Waals surface area contributed by atoms with Gasteiger partial charge in [-0.1, -0.05) is 0 Å². The molecule has 1 aromatic rings. The van der Waals surface area contributed by atoms with Crippen molar-refractivity contribution < 1.29 is 23.1 Å². The van der Waals surface area contributed by atoms with Gasteiger partial charge in [0.25, 0.3) is 5.91 Å². The van der Waals surface area contributed by atoms with Gasteiger partial charge in [-0.2, -0.15) is 13.2 Å². The molecule has 5 nitrogen and oxygen atoms in total. The van der Waals surface area contributed by atoms with Crippen LogP contribution in [0, 0.1) is 0 Å². The van der Waals surface area contributed by atoms with Crippen LogP contribution in [-0.2, 0) is 11.0 Å². The summed E-state index contributed by atoms with van der Waals surface area (Å²) in [4.78, 5) is 19.2. The maximum Gasteiger partial charge on any atom is 0.433 e. The van der Waals surface area contributed by atoms with E-state index in [1.165, 1.54) is 6.07 Å². The van der Waals surface area contributed by atoms with Gasteiger partial charge in [-0.05, 0) is 37.8 Å². The third-order valence-corrected chi connectivity index (χ3v) is 4.66. The Labute approximate surface area is 138 Å². The predicted octanol–water partition coefficient (Wildman–Crippen LogP) is 2.05. The molecule has 1 N–H and O–H groups in total. The number of piperidine rings is 1. The maximum absolute atomic E-state index is 12.8. The Kier molecular flexibility index (Phi) is 4.42. The molecule has 2 saturated heterocycles. The third kappa shape index (κ3) is 3.33. The van der Waals surface area contributed by atoms with Crippen molar-refractivity contribution in [3.63, 3.8) is 0 Å². The monoisotopic (exact) mass is 343 g/mol. The zero-order valence-corrected chi connectivity index (χ0v) is 13.2. The summed E-state index contributed by atoms with van der Waals surface area (Å²) in [7, 11) is 0. The van der Waals surface area contributed by atoms with Crippen LogP contribution < -0.4 is 4.90 Å². The van der Waals surface area contributed by atoms with Crippen molar-refractivity contribution >= 4 is 11.6 Å². The number of hydrogen-bond donors (Lipinski definition) is 1. The van der Waals surface area contributed by atoms with E-state index in [-0.39, 0.29) is 12.5 Å². The minimum absolute atomic E-state index is 0.00361. The number of hydrogen-bond acceptors (Lipinski definition) is 4. The summed E-state index contributed by atoms with van der Waals surface area (Å²) >= 11 is 0. The van der Waals surface area contributed by atoms with Crippen molar-refractivity contribution in [1.29, 1.82) is 0 Å². The van der Waals surface area contributed by atoms with Crippen molar-refractivity contribution in [2.45, 2.75) is 37.5 Å². The fourth-order valence-electron chi connectivity index (χ4n) is 3.42. The zero-order valence-electron chi connectivity index (χ0n) is 13.2. The summed E-state index contributed by atoms with van der Waals surface area (Å²) in [5.41, 5.74) is -2.19. The van der Waals surface area contributed by atoms with Crippen LogP contribution in [0.15, 0.2) is 18.3 Å². The topological polar surface area (TPSA) is 56.7 Å². The SMILES string of the molecule is O=C(N1CCCC1)[C@@]1(O)CCCN(c2ccnc(C(F)(F)F)c2)C1. The Balaban J connectivity index is 1.79. The second-order valence-corrected chi connectivity index (χ2v) is 6.45. The summed E-state index contributed by atoms with van der Waals surface area (Å²) in [6.45, 7) is 1.77. The van der Waals surface area contributed by atoms with Crippen LogP contribution in [0.5, 0.6) is 0 Å². The third-order valence-electron chi connectivity index (χ3n) is 4.66. The zero-order chi connectivity index (χ0) is 17.4. The number of rotatable bonds is 2. The Bertz CT molecular complexity index is 617. The van der Waals surface area contributed by atoms with Gasteiger partial charge >= 0.3 is 6.18 Å². The molecule has 1 amide bonds. The Morgan fingerprint density at radius 3 is 2.58 bits per heavy atom. The van der Waals surface area contributed by atoms with Crippen LogP contribution in [0.3, 0.4) is 0 Å². The lowest BCUT2D eigenvalue weighted by molar-refractivity contribution is -0.151. The lowest BCUT2D eigenvalue weighted by atomic mass is 9.91. The normalized spacial score (nSPS) is 25.2. The first-order valence-electron chi connectivity index (χ1n) is 8.10. The molecule has 0 spiro atoms. The minimum Gasteiger partial charge on any atom is -0.378 e. The number of anilines is 1. The van der Waals surface area contributed by atoms with E-state index < -0.39 is 17.5 Å². The molecule has 0 bridgehead atoms. The van der Waals surface area contributed by atoms with Gasteiger partial charge in [0.15, 0.2) is 5.60 Å². The number of likely N-dealkylation sites (tertiary alicyclic amines) is 1. The minimum atomic E-state index is -4.52. The smallest absolute Gasteiger partial charge is 0.378 e. The molecule has 0 saturated carbocycles. The lowest BCUT2D eigenvalue weighted by Gasteiger charge is -2.41. The Morgan fingerprint density at radius 1 is 1.21 bits per heavy atom. The van der Waals surface area contributed by atoms with Crippen LogP contribution in [0.1, 0.15) is 31.4 Å². The van der Waals surface area contributed by atoms with Gasteiger partial charge in [0.1, 0.15) is 5.69 Å². The van der Waals surface area contributed by atoms with Gasteiger partial charge < -0.3 is 14.9 Å². The fraction of sp³-hybridized carbons (Fsp3) is 0.625. The number of alkyl halides is 3. The van der Waals surface area contributed by atoms with E-state index in [4.69, 9.17) is 0 Å². The standard InChI is InChI=1S/C16H20F3N3O2/c17-16(18,19)13-10-12(4-6-20-13)22-9-3-5-15(24,11-22)14(23)21-7-1-2-8-21/h4,6,10,24H,1-3,5,7-9,11H2/t15-/m1/s1. The summed E-state index contributed by atoms with van der Waals surface area (Å²) in [5, 5.41) is 10.8. The fourth-order valence-corrected chi connectivity index (χ4v) is 3.42. The molecule has 1 aromatic heterocycles. The number of carbonyl (C=O) groups excluding carboxylic acids is 1. The number of halogens is 3. The highest BCUT2D eigenvalue weighted by Gasteiger charge is 2.43. The molecule has 1 atom stereocenters. The molecule has 8 heteroatoms. The van der Waals surface area contributed by atoms with Crippen molar-refractivity contribution in [2.24, 2.45) is 0 Å². The average molecular weight is 343 g/mol. The van der Waals surface area contributed by atoms with Crippen molar-refractivity contribution in [1.82, 2.24) is 9.88 Å². The van der Waals surface area contributed by atoms with Gasteiger partial charge in [-0.25, -0.2) is 0 Å². The first kappa shape index (κ1) is 17.0. The summed E-state index contributed by atoms with van der Waals surface area (Å²) < 4.78 is 38.5. The molecule has 3 heterocycles. The molecule has 0 radical (unpaired) electrons. The Hall–Kier alpha value is -1.83. The first-order chi connectivity index (χ1) is 11.3. The van der Waals surface area contributed by atoms with E-state index in [1.807, 2.05) is 0 Å². The van der Waals surface area contributed by atoms with Gasteiger partial charge in [-0.15, -0.1) is 0 Å². The molecule has 0 unspecified atom stereocenters. The van der Waals surface area contributed by atoms with E-state index in [1.54, 1.807) is 9.80 Å². The molecule has 0 aliphatic carbocycles. The summed E-state index contributed by atoms with van der Waals surface area (Å²) in [6, 6.07) is 2.44. The highest BCUT2D eigenvalue weighted by molar-refractivity contribution is 5.86. The van der Waals surface area contributed by atoms with E-state index in [9.17, 15) is 23.1 Å². The average Bonchev–Trinajstić information content (AvgIpc) is 3.08. The summed E-state index contributed by atoms with van der Waals surface area (Å²) in [5.74, 6) is -0.310. The molecule has 2 aliphatic heterocycles. The Morgan fingerprint density at radius 2 is 1.92 bits per heavy atom. The van der Waals surface area contributed by atoms with E-state index in [0.29, 0.717) is 38.2 Å². The first-order valence-corrected chi connectivity index (χ1v) is 8.10. The number of aliphatic hydroxyl groups is 1. The molecule has 3 rings (SSSR count). The molecular formula is C16H20F3N3O2. The molecule has 2 aliphatic rings. The predicted molar refractivity (Wildman–Crippen MR) is 81.4 cm³/mol. The van der Waals surface area contributed by atoms with Crippen molar-refractivity contribution in [3.8, 4) is 0 Å². The van der Waals surface area contributed by atoms with Crippen LogP contribution >= 0.6 is 0 Å². The lowest BCUT2D eigenvalue weighted by Crippen LogP contribution is -2.57. The molecule has 24 heavy (non-hydrogen) atoms. The van der Waals surface area contributed by atoms with Gasteiger partial charge in [0.2, 0.25) is 0 Å². The quantitative estimate of drug-likeness (QED) is 0.893. The number of pyridine rings is 1. The summed E-state index contributed by atoms with van der Waals surface area (Å²) in [6.07, 6.45) is -0.701. The maximum atomic E-state index is 12.8. The van der Waals surface area contributed by atoms with Crippen molar-refractivity contribution in [3.05, 3.63) is 24.0 Å². The van der Waals surface area contributed by atoms with E-state index in [0.717, 1.165) is 25.1 Å². The molecule has 2 fully saturated rings. The highest BCUT2D eigenvalue weighted by atomic mass is 19.4. The van der Waals surface area contributed by atoms with E-state index >= 15 is 0 Å². The van der Waals surface area contributed by atoms with Gasteiger partial charge in [0.05, 0.1) is 6.54 Å². The number of aromatic nitrogens is 1. The molecular weight excluding hydrogens is 323 g/mol. The van der Waals surface area contributed by atoms with Gasteiger partial charge in [0, 0.05) is 31.5 Å². The van der Waals surface area contributed by atoms with E-state index in [2.05, 4.69) is 4.98 Å². The largest absolute Gasteiger partial charge is 0.433 e. The molecule has 0 aromatic carbocycles. The highest BCUT2D eigenvalue weighted by Crippen LogP contribution is 2.32. The molecule has 132 valence electrons. The van der Waals surface area contributed by atoms with Crippen LogP contribution in [0.2, 0.25) is 0 Å². The number of β-amino-alcohol motifs (C(OH)–C–C–N with tert-alkyl or cyclic N) is 1. The second kappa shape index (κ2) is 6.23. The van der Waals surface area contributed by atoms with Crippen molar-refractivity contribution in [2.75, 3.05) is 31.1 Å². The van der Waals surface area contributed by atoms with Crippen LogP contribution in [0.25, 0.3) is 0 Å². The number of nitrogens with zero attached hydrogens (tertiary/aromatic N) is 3. The van der Waals surface area contributed by atoms with Gasteiger partial charge in [-0.3, -0.25) is 9.78 Å². The van der Waals surface area contributed by atoms with Crippen LogP contribution in [0.4, 0.5) is 18.9 Å². The number of carbonyl (C=O) groups is 1.